The van der Waals surface area contributed by atoms with E-state index in [1.54, 1.807) is 6.07 Å². The first-order valence-electron chi connectivity index (χ1n) is 7.97. The van der Waals surface area contributed by atoms with E-state index >= 15 is 0 Å². The van der Waals surface area contributed by atoms with Crippen LogP contribution < -0.4 is 0 Å². The summed E-state index contributed by atoms with van der Waals surface area (Å²) < 4.78 is 1.75. The number of phenolic OH excluding ortho intramolecular Hbond substituents is 2. The Labute approximate surface area is 158 Å². The average Bonchev–Trinajstić information content (AvgIpc) is 3.30. The van der Waals surface area contributed by atoms with E-state index in [-0.39, 0.29) is 11.5 Å². The van der Waals surface area contributed by atoms with Gasteiger partial charge >= 0.3 is 0 Å². The Bertz CT molecular complexity index is 1180. The third-order valence-corrected chi connectivity index (χ3v) is 4.12. The molecule has 4 rings (SSSR count). The molecule has 2 aromatic carbocycles. The van der Waals surface area contributed by atoms with Gasteiger partial charge in [-0.1, -0.05) is 30.3 Å². The fourth-order valence-electron chi connectivity index (χ4n) is 2.51. The summed E-state index contributed by atoms with van der Waals surface area (Å²) in [5.74, 6) is 0.0450. The predicted molar refractivity (Wildman–Crippen MR) is 103 cm³/mol. The average molecular weight is 378 g/mol. The van der Waals surface area contributed by atoms with Gasteiger partial charge in [0.2, 0.25) is 10.6 Å². The van der Waals surface area contributed by atoms with E-state index in [9.17, 15) is 10.2 Å². The zero-order valence-corrected chi connectivity index (χ0v) is 14.7. The van der Waals surface area contributed by atoms with Gasteiger partial charge in [-0.05, 0) is 42.0 Å². The van der Waals surface area contributed by atoms with Gasteiger partial charge in [0.25, 0.3) is 0 Å². The molecule has 0 unspecified atom stereocenters. The lowest BCUT2D eigenvalue weighted by Gasteiger charge is -2.00. The minimum absolute atomic E-state index is 0.196. The molecule has 9 heteroatoms. The first-order valence-corrected chi connectivity index (χ1v) is 8.37. The van der Waals surface area contributed by atoms with Gasteiger partial charge < -0.3 is 10.2 Å². The van der Waals surface area contributed by atoms with Gasteiger partial charge in [0.1, 0.15) is 5.69 Å². The van der Waals surface area contributed by atoms with E-state index in [0.717, 1.165) is 11.3 Å². The zero-order valence-electron chi connectivity index (χ0n) is 13.9. The molecule has 0 aliphatic rings. The quantitative estimate of drug-likeness (QED) is 0.247. The molecule has 4 aromatic rings. The molecule has 0 radical (unpaired) electrons. The molecular weight excluding hydrogens is 364 g/mol. The van der Waals surface area contributed by atoms with Gasteiger partial charge in [-0.25, -0.2) is 5.10 Å². The molecule has 0 fully saturated rings. The van der Waals surface area contributed by atoms with Crippen LogP contribution in [-0.4, -0.2) is 41.5 Å². The highest BCUT2D eigenvalue weighted by atomic mass is 32.1. The summed E-state index contributed by atoms with van der Waals surface area (Å²) >= 11 is 5.24. The molecular formula is C18H14N6O2S. The number of phenols is 2. The number of hydrogen-bond donors (Lipinski definition) is 4. The summed E-state index contributed by atoms with van der Waals surface area (Å²) in [6.07, 6.45) is 1.50. The lowest BCUT2D eigenvalue weighted by Crippen LogP contribution is -1.95. The van der Waals surface area contributed by atoms with Crippen molar-refractivity contribution in [2.24, 2.45) is 5.10 Å². The van der Waals surface area contributed by atoms with Crippen molar-refractivity contribution in [2.75, 3.05) is 0 Å². The van der Waals surface area contributed by atoms with Gasteiger partial charge in [0.05, 0.1) is 11.9 Å². The molecule has 134 valence electrons. The molecule has 0 atom stereocenters. The van der Waals surface area contributed by atoms with E-state index in [0.29, 0.717) is 21.9 Å². The van der Waals surface area contributed by atoms with Crippen LogP contribution in [0.5, 0.6) is 11.5 Å². The first kappa shape index (κ1) is 16.7. The number of benzene rings is 2. The Morgan fingerprint density at radius 3 is 2.56 bits per heavy atom. The third kappa shape index (κ3) is 3.35. The molecule has 0 saturated carbocycles. The zero-order chi connectivity index (χ0) is 18.8. The monoisotopic (exact) mass is 378 g/mol. The largest absolute Gasteiger partial charge is 0.504 e. The van der Waals surface area contributed by atoms with Crippen molar-refractivity contribution in [3.63, 3.8) is 0 Å². The van der Waals surface area contributed by atoms with Crippen LogP contribution >= 0.6 is 12.2 Å². The summed E-state index contributed by atoms with van der Waals surface area (Å²) in [5, 5.41) is 37.5. The number of aromatic amines is 2. The highest BCUT2D eigenvalue weighted by molar-refractivity contribution is 7.71. The molecule has 27 heavy (non-hydrogen) atoms. The number of nitrogens with one attached hydrogen (secondary N) is 2. The third-order valence-electron chi connectivity index (χ3n) is 3.86. The minimum atomic E-state index is -0.226. The van der Waals surface area contributed by atoms with Crippen LogP contribution in [0.25, 0.3) is 22.8 Å². The summed E-state index contributed by atoms with van der Waals surface area (Å²) in [7, 11) is 0. The number of rotatable bonds is 4. The molecule has 0 bridgehead atoms. The van der Waals surface area contributed by atoms with Crippen molar-refractivity contribution in [1.82, 2.24) is 25.1 Å². The maximum absolute atomic E-state index is 9.58. The SMILES string of the molecule is Oc1ccc(C=Nn2c(-c3cc(-c4ccccc4)n[nH]3)n[nH]c2=S)cc1O. The van der Waals surface area contributed by atoms with Gasteiger partial charge in [-0.3, -0.25) is 5.10 Å². The second-order valence-corrected chi connectivity index (χ2v) is 6.08. The highest BCUT2D eigenvalue weighted by Crippen LogP contribution is 2.25. The molecule has 0 saturated heterocycles. The van der Waals surface area contributed by atoms with Crippen molar-refractivity contribution in [1.29, 1.82) is 0 Å². The summed E-state index contributed by atoms with van der Waals surface area (Å²) in [5.41, 5.74) is 2.99. The summed E-state index contributed by atoms with van der Waals surface area (Å²) in [4.78, 5) is 0. The van der Waals surface area contributed by atoms with Crippen molar-refractivity contribution in [3.8, 4) is 34.3 Å². The van der Waals surface area contributed by atoms with Crippen LogP contribution in [0.1, 0.15) is 5.56 Å². The van der Waals surface area contributed by atoms with E-state index in [4.69, 9.17) is 12.2 Å². The Morgan fingerprint density at radius 1 is 0.963 bits per heavy atom. The number of H-pyrrole nitrogens is 2. The summed E-state index contributed by atoms with van der Waals surface area (Å²) in [6.45, 7) is 0. The molecule has 0 aliphatic carbocycles. The Kier molecular flexibility index (Phi) is 4.27. The maximum atomic E-state index is 9.58. The number of hydrogen-bond acceptors (Lipinski definition) is 6. The van der Waals surface area contributed by atoms with Crippen LogP contribution in [0.3, 0.4) is 0 Å². The van der Waals surface area contributed by atoms with Gasteiger partial charge in [0, 0.05) is 5.56 Å². The molecule has 4 N–H and O–H groups in total. The van der Waals surface area contributed by atoms with Crippen molar-refractivity contribution in [3.05, 3.63) is 64.9 Å². The molecule has 2 aromatic heterocycles. The fraction of sp³-hybridized carbons (Fsp3) is 0. The van der Waals surface area contributed by atoms with Crippen LogP contribution in [0.4, 0.5) is 0 Å². The smallest absolute Gasteiger partial charge is 0.216 e. The predicted octanol–water partition coefficient (Wildman–Crippen LogP) is 3.29. The second kappa shape index (κ2) is 6.89. The van der Waals surface area contributed by atoms with E-state index in [1.807, 2.05) is 36.4 Å². The van der Waals surface area contributed by atoms with Crippen molar-refractivity contribution >= 4 is 18.4 Å². The number of aromatic hydroxyl groups is 2. The molecule has 8 nitrogen and oxygen atoms in total. The Morgan fingerprint density at radius 2 is 1.78 bits per heavy atom. The van der Waals surface area contributed by atoms with Gasteiger partial charge in [-0.15, -0.1) is 0 Å². The van der Waals surface area contributed by atoms with Crippen LogP contribution in [-0.2, 0) is 0 Å². The van der Waals surface area contributed by atoms with E-state index in [2.05, 4.69) is 25.5 Å². The van der Waals surface area contributed by atoms with Crippen molar-refractivity contribution in [2.45, 2.75) is 0 Å². The summed E-state index contributed by atoms with van der Waals surface area (Å²) in [6, 6.07) is 16.0. The van der Waals surface area contributed by atoms with Crippen LogP contribution in [0.15, 0.2) is 59.7 Å². The molecule has 0 aliphatic heterocycles. The van der Waals surface area contributed by atoms with Gasteiger partial charge in [-0.2, -0.15) is 20.0 Å². The Balaban J connectivity index is 1.68. The molecule has 0 spiro atoms. The number of aromatic nitrogens is 5. The molecule has 2 heterocycles. The second-order valence-electron chi connectivity index (χ2n) is 5.69. The Hall–Kier alpha value is -3.72. The normalized spacial score (nSPS) is 11.3. The molecule has 0 amide bonds. The standard InChI is InChI=1S/C18H14N6O2S/c25-15-7-6-11(8-16(15)26)10-19-24-17(22-23-18(24)27)14-9-13(20-21-14)12-4-2-1-3-5-12/h1-10,25-26H,(H,20,21)(H,23,27). The number of nitrogens with zero attached hydrogens (tertiary/aromatic N) is 4. The lowest BCUT2D eigenvalue weighted by molar-refractivity contribution is 0.403. The first-order chi connectivity index (χ1) is 13.1. The highest BCUT2D eigenvalue weighted by Gasteiger charge is 2.12. The van der Waals surface area contributed by atoms with Crippen molar-refractivity contribution < 1.29 is 10.2 Å². The topological polar surface area (TPSA) is 115 Å². The minimum Gasteiger partial charge on any atom is -0.504 e. The fourth-order valence-corrected chi connectivity index (χ4v) is 2.69. The van der Waals surface area contributed by atoms with Gasteiger partial charge in [0.15, 0.2) is 11.5 Å². The maximum Gasteiger partial charge on any atom is 0.216 e. The lowest BCUT2D eigenvalue weighted by atomic mass is 10.1. The van der Waals surface area contributed by atoms with Crippen LogP contribution in [0.2, 0.25) is 0 Å². The van der Waals surface area contributed by atoms with E-state index < -0.39 is 0 Å². The van der Waals surface area contributed by atoms with E-state index in [1.165, 1.54) is 23.0 Å². The van der Waals surface area contributed by atoms with Crippen LogP contribution in [0, 0.1) is 4.77 Å².